The minimum Gasteiger partial charge on any atom is -0.393 e. The van der Waals surface area contributed by atoms with Gasteiger partial charge >= 0.3 is 11.9 Å². The molecule has 0 saturated carbocycles. The highest BCUT2D eigenvalue weighted by Gasteiger charge is 2.48. The van der Waals surface area contributed by atoms with Gasteiger partial charge in [-0.1, -0.05) is 30.9 Å². The van der Waals surface area contributed by atoms with Crippen molar-refractivity contribution in [2.75, 3.05) is 12.3 Å². The van der Waals surface area contributed by atoms with Crippen molar-refractivity contribution in [2.24, 2.45) is 5.41 Å². The number of rotatable bonds is 3. The first-order chi connectivity index (χ1) is 8.98. The molecule has 2 saturated heterocycles. The van der Waals surface area contributed by atoms with Crippen LogP contribution in [0.1, 0.15) is 32.6 Å². The van der Waals surface area contributed by atoms with Gasteiger partial charge in [0.25, 0.3) is 0 Å². The van der Waals surface area contributed by atoms with Crippen LogP contribution in [-0.4, -0.2) is 39.4 Å². The largest absolute Gasteiger partial charge is 0.393 e. The number of amides is 1. The van der Waals surface area contributed by atoms with E-state index in [4.69, 9.17) is 12.2 Å². The van der Waals surface area contributed by atoms with Crippen LogP contribution in [0, 0.1) is 5.41 Å². The normalized spacial score (nSPS) is 27.0. The molecule has 0 aliphatic carbocycles. The number of carbonyl (C=O) groups excluding carboxylic acids is 3. The third-order valence-corrected chi connectivity index (χ3v) is 5.30. The highest BCUT2D eigenvalue weighted by atomic mass is 32.2. The number of thiocarbonyl (C=S) groups is 1. The van der Waals surface area contributed by atoms with Crippen LogP contribution in [0.2, 0.25) is 0 Å². The molecule has 0 N–H and O–H groups in total. The molecule has 1 amide bonds. The van der Waals surface area contributed by atoms with Crippen LogP contribution in [0.15, 0.2) is 0 Å². The Morgan fingerprint density at radius 3 is 2.68 bits per heavy atom. The van der Waals surface area contributed by atoms with Crippen LogP contribution < -0.4 is 0 Å². The molecule has 0 aromatic rings. The van der Waals surface area contributed by atoms with E-state index in [0.717, 1.165) is 6.42 Å². The third kappa shape index (κ3) is 2.81. The average Bonchev–Trinajstić information content (AvgIpc) is 2.91. The van der Waals surface area contributed by atoms with Crippen molar-refractivity contribution in [3.8, 4) is 0 Å². The van der Waals surface area contributed by atoms with Gasteiger partial charge < -0.3 is 4.74 Å². The summed E-state index contributed by atoms with van der Waals surface area (Å²) in [5.41, 5.74) is -0.783. The molecule has 0 aromatic heterocycles. The summed E-state index contributed by atoms with van der Waals surface area (Å²) < 4.78 is 5.12. The molecule has 7 heteroatoms. The Kier molecular flexibility index (Phi) is 4.25. The molecule has 0 bridgehead atoms. The zero-order chi connectivity index (χ0) is 14.0. The average molecular weight is 301 g/mol. The van der Waals surface area contributed by atoms with E-state index in [1.807, 2.05) is 6.92 Å². The lowest BCUT2D eigenvalue weighted by molar-refractivity contribution is -0.154. The second-order valence-electron chi connectivity index (χ2n) is 4.78. The topological polar surface area (TPSA) is 63.7 Å². The number of hydrogen-bond donors (Lipinski definition) is 0. The van der Waals surface area contributed by atoms with Crippen LogP contribution in [0.4, 0.5) is 0 Å². The summed E-state index contributed by atoms with van der Waals surface area (Å²) in [7, 11) is 0. The van der Waals surface area contributed by atoms with Crippen molar-refractivity contribution in [3.63, 3.8) is 0 Å². The number of likely N-dealkylation sites (tertiary alicyclic amines) is 1. The summed E-state index contributed by atoms with van der Waals surface area (Å²) in [6.07, 6.45) is 1.98. The molecule has 2 aliphatic heterocycles. The Hall–Kier alpha value is -0.950. The molecule has 0 spiro atoms. The maximum Gasteiger partial charge on any atom is 0.321 e. The number of ether oxygens (including phenoxy) is 1. The molecule has 0 aromatic carbocycles. The van der Waals surface area contributed by atoms with Gasteiger partial charge in [-0.05, 0) is 12.8 Å². The van der Waals surface area contributed by atoms with Crippen molar-refractivity contribution in [1.82, 2.24) is 4.90 Å². The summed E-state index contributed by atoms with van der Waals surface area (Å²) in [5, 5.41) is 0. The van der Waals surface area contributed by atoms with Crippen LogP contribution in [0.25, 0.3) is 0 Å². The maximum absolute atomic E-state index is 11.8. The number of thioether (sulfide) groups is 1. The van der Waals surface area contributed by atoms with E-state index in [1.54, 1.807) is 4.90 Å². The predicted molar refractivity (Wildman–Crippen MR) is 74.4 cm³/mol. The maximum atomic E-state index is 11.8. The summed E-state index contributed by atoms with van der Waals surface area (Å²) in [4.78, 5) is 36.1. The number of carbonyl (C=O) groups is 3. The van der Waals surface area contributed by atoms with E-state index in [1.165, 1.54) is 11.8 Å². The molecule has 0 radical (unpaired) electrons. The fourth-order valence-corrected chi connectivity index (χ4v) is 3.74. The number of esters is 2. The van der Waals surface area contributed by atoms with Crippen molar-refractivity contribution >= 4 is 46.1 Å². The first kappa shape index (κ1) is 14.5. The fraction of sp³-hybridized carbons (Fsp3) is 0.667. The van der Waals surface area contributed by atoms with Gasteiger partial charge in [0, 0.05) is 18.7 Å². The third-order valence-electron chi connectivity index (χ3n) is 3.56. The zero-order valence-corrected chi connectivity index (χ0v) is 12.3. The van der Waals surface area contributed by atoms with E-state index < -0.39 is 17.4 Å². The van der Waals surface area contributed by atoms with E-state index in [0.29, 0.717) is 29.5 Å². The van der Waals surface area contributed by atoms with E-state index in [2.05, 4.69) is 4.74 Å². The standard InChI is InChI=1S/C12H15NO4S2/c1-2-12(6-9(15)17-10(12)16)7-19-11(18)13-5-3-4-8(13)14/h2-7H2,1H3. The molecule has 2 heterocycles. The SMILES string of the molecule is CCC1(CSC(=S)N2CCCC2=O)CC(=O)OC1=O. The Bertz CT molecular complexity index is 451. The second kappa shape index (κ2) is 5.58. The number of cyclic esters (lactones) is 2. The van der Waals surface area contributed by atoms with Crippen molar-refractivity contribution < 1.29 is 19.1 Å². The van der Waals surface area contributed by atoms with Gasteiger partial charge in [0.1, 0.15) is 4.32 Å². The highest BCUT2D eigenvalue weighted by Crippen LogP contribution is 2.38. The second-order valence-corrected chi connectivity index (χ2v) is 6.38. The Labute approximate surface area is 121 Å². The Morgan fingerprint density at radius 2 is 2.21 bits per heavy atom. The highest BCUT2D eigenvalue weighted by molar-refractivity contribution is 8.23. The van der Waals surface area contributed by atoms with Gasteiger partial charge in [0.15, 0.2) is 0 Å². The summed E-state index contributed by atoms with van der Waals surface area (Å²) in [5.74, 6) is -0.525. The summed E-state index contributed by atoms with van der Waals surface area (Å²) in [6, 6.07) is 0. The van der Waals surface area contributed by atoms with Gasteiger partial charge in [-0.15, -0.1) is 0 Å². The summed E-state index contributed by atoms with van der Waals surface area (Å²) >= 11 is 6.51. The lowest BCUT2D eigenvalue weighted by Gasteiger charge is -2.23. The van der Waals surface area contributed by atoms with Crippen molar-refractivity contribution in [3.05, 3.63) is 0 Å². The van der Waals surface area contributed by atoms with E-state index in [9.17, 15) is 14.4 Å². The minimum atomic E-state index is -0.783. The lowest BCUT2D eigenvalue weighted by atomic mass is 9.86. The van der Waals surface area contributed by atoms with Crippen LogP contribution >= 0.6 is 24.0 Å². The molecule has 19 heavy (non-hydrogen) atoms. The fourth-order valence-electron chi connectivity index (χ4n) is 2.20. The van der Waals surface area contributed by atoms with E-state index >= 15 is 0 Å². The van der Waals surface area contributed by atoms with Gasteiger partial charge in [-0.2, -0.15) is 0 Å². The van der Waals surface area contributed by atoms with Gasteiger partial charge in [0.05, 0.1) is 11.8 Å². The first-order valence-corrected chi connectivity index (χ1v) is 7.60. The molecule has 2 aliphatic rings. The molecule has 2 rings (SSSR count). The van der Waals surface area contributed by atoms with Crippen molar-refractivity contribution in [2.45, 2.75) is 32.6 Å². The lowest BCUT2D eigenvalue weighted by Crippen LogP contribution is -2.33. The molecule has 1 unspecified atom stereocenters. The molecular formula is C12H15NO4S2. The van der Waals surface area contributed by atoms with Crippen LogP contribution in [0.5, 0.6) is 0 Å². The van der Waals surface area contributed by atoms with Crippen LogP contribution in [-0.2, 0) is 19.1 Å². The van der Waals surface area contributed by atoms with E-state index in [-0.39, 0.29) is 12.3 Å². The van der Waals surface area contributed by atoms with Gasteiger partial charge in [0.2, 0.25) is 5.91 Å². The quantitative estimate of drug-likeness (QED) is 0.447. The molecule has 1 atom stereocenters. The van der Waals surface area contributed by atoms with Crippen molar-refractivity contribution in [1.29, 1.82) is 0 Å². The molecular weight excluding hydrogens is 286 g/mol. The number of nitrogens with zero attached hydrogens (tertiary/aromatic N) is 1. The van der Waals surface area contributed by atoms with Crippen LogP contribution in [0.3, 0.4) is 0 Å². The smallest absolute Gasteiger partial charge is 0.321 e. The molecule has 5 nitrogen and oxygen atoms in total. The Morgan fingerprint density at radius 1 is 1.47 bits per heavy atom. The Balaban J connectivity index is 1.97. The molecule has 104 valence electrons. The first-order valence-electron chi connectivity index (χ1n) is 6.21. The number of hydrogen-bond acceptors (Lipinski definition) is 6. The minimum absolute atomic E-state index is 0.0353. The monoisotopic (exact) mass is 301 g/mol. The predicted octanol–water partition coefficient (Wildman–Crippen LogP) is 1.50. The zero-order valence-electron chi connectivity index (χ0n) is 10.6. The molecule has 2 fully saturated rings. The van der Waals surface area contributed by atoms with Gasteiger partial charge in [-0.25, -0.2) is 0 Å². The summed E-state index contributed by atoms with van der Waals surface area (Å²) in [6.45, 7) is 2.50. The van der Waals surface area contributed by atoms with Gasteiger partial charge in [-0.3, -0.25) is 19.3 Å².